The maximum Gasteiger partial charge on any atom is 0.194 e. The van der Waals surface area contributed by atoms with Gasteiger partial charge >= 0.3 is 0 Å². The van der Waals surface area contributed by atoms with Crippen molar-refractivity contribution >= 4 is 23.5 Å². The van der Waals surface area contributed by atoms with Crippen molar-refractivity contribution in [2.45, 2.75) is 58.6 Å². The van der Waals surface area contributed by atoms with Crippen molar-refractivity contribution in [1.82, 2.24) is 15.2 Å². The smallest absolute Gasteiger partial charge is 0.194 e. The van der Waals surface area contributed by atoms with Crippen LogP contribution in [0.25, 0.3) is 0 Å². The molecule has 3 heterocycles. The molecular formula is C22H37N5OS. The molecule has 162 valence electrons. The van der Waals surface area contributed by atoms with Crippen LogP contribution in [0.15, 0.2) is 23.3 Å². The molecule has 2 fully saturated rings. The van der Waals surface area contributed by atoms with Gasteiger partial charge in [0.2, 0.25) is 0 Å². The van der Waals surface area contributed by atoms with Crippen LogP contribution >= 0.6 is 11.8 Å². The number of pyridine rings is 1. The molecule has 7 heteroatoms. The quantitative estimate of drug-likeness (QED) is 0.584. The number of guanidine groups is 1. The van der Waals surface area contributed by atoms with Gasteiger partial charge in [-0.1, -0.05) is 19.9 Å². The standard InChI is InChI=1S/C22H37N5OS/c1-6-23-22(26-9-10-29-20(15-26)16(2)3)25-12-19-7-8-21(24-11-19)27-13-17(4)28-18(5)14-27/h7-8,11,16-18,20H,6,9-10,12-15H2,1-5H3,(H,23,25). The number of nitrogens with zero attached hydrogens (tertiary/aromatic N) is 4. The molecule has 0 radical (unpaired) electrons. The molecule has 6 nitrogen and oxygen atoms in total. The fourth-order valence-electron chi connectivity index (χ4n) is 3.93. The summed E-state index contributed by atoms with van der Waals surface area (Å²) in [6.45, 7) is 16.5. The van der Waals surface area contributed by atoms with Gasteiger partial charge in [0.05, 0.1) is 18.8 Å². The molecule has 3 unspecified atom stereocenters. The van der Waals surface area contributed by atoms with Gasteiger partial charge in [-0.3, -0.25) is 0 Å². The number of thioether (sulfide) groups is 1. The first-order valence-corrected chi connectivity index (χ1v) is 12.0. The SMILES string of the molecule is CCNC(=NCc1ccc(N2CC(C)OC(C)C2)nc1)N1CCSC(C(C)C)C1. The zero-order valence-corrected chi connectivity index (χ0v) is 19.4. The molecule has 1 aromatic rings. The molecule has 0 aliphatic carbocycles. The molecule has 3 atom stereocenters. The lowest BCUT2D eigenvalue weighted by molar-refractivity contribution is -0.00545. The largest absolute Gasteiger partial charge is 0.372 e. The fourth-order valence-corrected chi connectivity index (χ4v) is 5.22. The lowest BCUT2D eigenvalue weighted by Gasteiger charge is -2.36. The van der Waals surface area contributed by atoms with Crippen LogP contribution in [0, 0.1) is 5.92 Å². The maximum absolute atomic E-state index is 5.83. The second-order valence-corrected chi connectivity index (χ2v) is 9.80. The van der Waals surface area contributed by atoms with E-state index in [1.54, 1.807) is 0 Å². The normalized spacial score (nSPS) is 26.1. The second-order valence-electron chi connectivity index (χ2n) is 8.46. The van der Waals surface area contributed by atoms with E-state index in [1.165, 1.54) is 5.75 Å². The average Bonchev–Trinajstić information content (AvgIpc) is 2.71. The lowest BCUT2D eigenvalue weighted by Crippen LogP contribution is -2.49. The number of aliphatic imine (C=N–C) groups is 1. The number of anilines is 1. The fraction of sp³-hybridized carbons (Fsp3) is 0.727. The van der Waals surface area contributed by atoms with E-state index < -0.39 is 0 Å². The van der Waals surface area contributed by atoms with Crippen LogP contribution < -0.4 is 10.2 Å². The number of ether oxygens (including phenoxy) is 1. The molecule has 0 aromatic carbocycles. The van der Waals surface area contributed by atoms with E-state index >= 15 is 0 Å². The summed E-state index contributed by atoms with van der Waals surface area (Å²) < 4.78 is 5.83. The van der Waals surface area contributed by atoms with Gasteiger partial charge in [0.25, 0.3) is 0 Å². The Kier molecular flexibility index (Phi) is 8.07. The van der Waals surface area contributed by atoms with Gasteiger partial charge in [-0.05, 0) is 38.3 Å². The summed E-state index contributed by atoms with van der Waals surface area (Å²) in [5.41, 5.74) is 1.14. The Bertz CT molecular complexity index is 656. The Labute approximate surface area is 180 Å². The van der Waals surface area contributed by atoms with Gasteiger partial charge in [-0.25, -0.2) is 9.98 Å². The summed E-state index contributed by atoms with van der Waals surface area (Å²) in [4.78, 5) is 14.4. The summed E-state index contributed by atoms with van der Waals surface area (Å²) in [5, 5.41) is 4.15. The first-order valence-electron chi connectivity index (χ1n) is 11.0. The van der Waals surface area contributed by atoms with E-state index in [4.69, 9.17) is 14.7 Å². The molecule has 1 N–H and O–H groups in total. The molecular weight excluding hydrogens is 382 g/mol. The summed E-state index contributed by atoms with van der Waals surface area (Å²) in [6, 6.07) is 4.28. The van der Waals surface area contributed by atoms with Gasteiger partial charge in [0.15, 0.2) is 5.96 Å². The van der Waals surface area contributed by atoms with Crippen LogP contribution in [0.3, 0.4) is 0 Å². The molecule has 0 saturated carbocycles. The third-order valence-electron chi connectivity index (χ3n) is 5.44. The highest BCUT2D eigenvalue weighted by atomic mass is 32.2. The van der Waals surface area contributed by atoms with Crippen molar-refractivity contribution in [2.24, 2.45) is 10.9 Å². The third-order valence-corrected chi connectivity index (χ3v) is 6.98. The molecule has 3 rings (SSSR count). The lowest BCUT2D eigenvalue weighted by atomic mass is 10.1. The highest BCUT2D eigenvalue weighted by Crippen LogP contribution is 2.25. The van der Waals surface area contributed by atoms with E-state index in [0.29, 0.717) is 17.7 Å². The number of aromatic nitrogens is 1. The minimum absolute atomic E-state index is 0.241. The molecule has 0 amide bonds. The maximum atomic E-state index is 5.83. The predicted octanol–water partition coefficient (Wildman–Crippen LogP) is 3.23. The van der Waals surface area contributed by atoms with Crippen molar-refractivity contribution in [1.29, 1.82) is 0 Å². The Hall–Kier alpha value is -1.47. The van der Waals surface area contributed by atoms with Crippen LogP contribution in [-0.2, 0) is 11.3 Å². The topological polar surface area (TPSA) is 53.0 Å². The minimum Gasteiger partial charge on any atom is -0.372 e. The number of hydrogen-bond donors (Lipinski definition) is 1. The zero-order chi connectivity index (χ0) is 20.8. The van der Waals surface area contributed by atoms with E-state index in [2.05, 4.69) is 73.6 Å². The Morgan fingerprint density at radius 1 is 1.28 bits per heavy atom. The summed E-state index contributed by atoms with van der Waals surface area (Å²) >= 11 is 2.09. The highest BCUT2D eigenvalue weighted by Gasteiger charge is 2.25. The van der Waals surface area contributed by atoms with E-state index in [9.17, 15) is 0 Å². The summed E-state index contributed by atoms with van der Waals surface area (Å²) in [6.07, 6.45) is 2.45. The monoisotopic (exact) mass is 419 g/mol. The highest BCUT2D eigenvalue weighted by molar-refractivity contribution is 8.00. The number of rotatable bonds is 5. The molecule has 0 spiro atoms. The Morgan fingerprint density at radius 3 is 2.66 bits per heavy atom. The van der Waals surface area contributed by atoms with Crippen LogP contribution in [-0.4, -0.2) is 71.8 Å². The number of nitrogens with one attached hydrogen (secondary N) is 1. The van der Waals surface area contributed by atoms with Crippen LogP contribution in [0.5, 0.6) is 0 Å². The molecule has 2 aliphatic heterocycles. The third kappa shape index (κ3) is 6.25. The zero-order valence-electron chi connectivity index (χ0n) is 18.6. The molecule has 2 saturated heterocycles. The van der Waals surface area contributed by atoms with Crippen molar-refractivity contribution in [3.63, 3.8) is 0 Å². The minimum atomic E-state index is 0.241. The first kappa shape index (κ1) is 22.2. The summed E-state index contributed by atoms with van der Waals surface area (Å²) in [7, 11) is 0. The molecule has 0 bridgehead atoms. The van der Waals surface area contributed by atoms with E-state index in [-0.39, 0.29) is 12.2 Å². The van der Waals surface area contributed by atoms with Gasteiger partial charge in [-0.15, -0.1) is 0 Å². The Morgan fingerprint density at radius 2 is 2.03 bits per heavy atom. The average molecular weight is 420 g/mol. The van der Waals surface area contributed by atoms with Gasteiger partial charge in [0.1, 0.15) is 5.82 Å². The predicted molar refractivity (Wildman–Crippen MR) is 124 cm³/mol. The second kappa shape index (κ2) is 10.5. The van der Waals surface area contributed by atoms with Crippen LogP contribution in [0.4, 0.5) is 5.82 Å². The van der Waals surface area contributed by atoms with Crippen molar-refractivity contribution < 1.29 is 4.74 Å². The van der Waals surface area contributed by atoms with Crippen molar-refractivity contribution in [2.75, 3.05) is 43.4 Å². The van der Waals surface area contributed by atoms with Gasteiger partial charge < -0.3 is 19.9 Å². The van der Waals surface area contributed by atoms with Crippen LogP contribution in [0.2, 0.25) is 0 Å². The molecule has 2 aliphatic rings. The van der Waals surface area contributed by atoms with E-state index in [0.717, 1.165) is 50.1 Å². The Balaban J connectivity index is 1.63. The van der Waals surface area contributed by atoms with Crippen molar-refractivity contribution in [3.8, 4) is 0 Å². The molecule has 29 heavy (non-hydrogen) atoms. The van der Waals surface area contributed by atoms with Gasteiger partial charge in [0, 0.05) is 49.9 Å². The van der Waals surface area contributed by atoms with Crippen LogP contribution in [0.1, 0.15) is 40.2 Å². The van der Waals surface area contributed by atoms with E-state index in [1.807, 2.05) is 6.20 Å². The number of hydrogen-bond acceptors (Lipinski definition) is 5. The molecule has 1 aromatic heterocycles. The number of morpholine rings is 1. The van der Waals surface area contributed by atoms with Crippen molar-refractivity contribution in [3.05, 3.63) is 23.9 Å². The first-order chi connectivity index (χ1) is 14.0. The van der Waals surface area contributed by atoms with Gasteiger partial charge in [-0.2, -0.15) is 11.8 Å². The summed E-state index contributed by atoms with van der Waals surface area (Å²) in [5.74, 6) is 3.91.